The van der Waals surface area contributed by atoms with Crippen LogP contribution in [0.4, 0.5) is 0 Å². The molecule has 0 aromatic heterocycles. The van der Waals surface area contributed by atoms with Crippen molar-refractivity contribution in [1.82, 2.24) is 0 Å². The van der Waals surface area contributed by atoms with E-state index in [9.17, 15) is 0 Å². The minimum atomic E-state index is 0.0443. The lowest BCUT2D eigenvalue weighted by molar-refractivity contribution is 0.798. The molecule has 16 aliphatic rings. The van der Waals surface area contributed by atoms with Crippen molar-refractivity contribution in [3.05, 3.63) is 344 Å². The quantitative estimate of drug-likeness (QED) is 0.282. The molecule has 0 N–H and O–H groups in total. The lowest BCUT2D eigenvalue weighted by Crippen LogP contribution is -2.26. The van der Waals surface area contributed by atoms with Crippen molar-refractivity contribution in [3.8, 4) is 0 Å². The van der Waals surface area contributed by atoms with Crippen molar-refractivity contribution >= 4 is 16.7 Å². The Bertz CT molecular complexity index is 4110. The van der Waals surface area contributed by atoms with Crippen LogP contribution in [0.15, 0.2) is 322 Å². The predicted octanol–water partition coefficient (Wildman–Crippen LogP) is 17.6. The minimum Gasteiger partial charge on any atom is -0.0720 e. The number of allylic oxidation sites excluding steroid dienone is 56. The first-order chi connectivity index (χ1) is 36.3. The Morgan fingerprint density at radius 3 is 1.80 bits per heavy atom. The van der Waals surface area contributed by atoms with Crippen LogP contribution in [-0.2, 0) is 0 Å². The minimum absolute atomic E-state index is 0.0443. The van der Waals surface area contributed by atoms with E-state index in [1.165, 1.54) is 173 Å². The monoisotopic (exact) mass is 942 g/mol. The molecule has 0 amide bonds. The van der Waals surface area contributed by atoms with Crippen molar-refractivity contribution in [2.24, 2.45) is 23.7 Å². The summed E-state index contributed by atoms with van der Waals surface area (Å²) in [6.07, 6.45) is 73.8. The van der Waals surface area contributed by atoms with Gasteiger partial charge in [0.15, 0.2) is 0 Å². The van der Waals surface area contributed by atoms with Crippen LogP contribution in [0.3, 0.4) is 0 Å². The molecule has 0 heteroatoms. The summed E-state index contributed by atoms with van der Waals surface area (Å²) in [6.45, 7) is 9.08. The van der Waals surface area contributed by atoms with Crippen LogP contribution in [0.25, 0.3) is 16.7 Å². The third-order valence-corrected chi connectivity index (χ3v) is 18.9. The molecule has 0 spiro atoms. The molecule has 0 saturated carbocycles. The van der Waals surface area contributed by atoms with Crippen LogP contribution in [-0.4, -0.2) is 0 Å². The summed E-state index contributed by atoms with van der Waals surface area (Å²) in [4.78, 5) is 0. The van der Waals surface area contributed by atoms with E-state index < -0.39 is 0 Å². The Labute approximate surface area is 435 Å². The van der Waals surface area contributed by atoms with Crippen LogP contribution >= 0.6 is 0 Å². The van der Waals surface area contributed by atoms with Crippen LogP contribution in [0.1, 0.15) is 75.1 Å². The SMILES string of the molecule is CC1=CC2=CC=C3C4=C(C=CC(=C1)C24)C=CC3c1cc(C2=CC=C3C=CC4=C5C(=CC=C2C35)CC(C)=C4)c(C2=C3C=CC4=C5C(=CC=C(C=C2)C35)CC(C)=C4)cc1C1=CCC2=CC=C3C=C(C)C=C4C=CC1=C2C34. The van der Waals surface area contributed by atoms with Gasteiger partial charge in [0.05, 0.1) is 0 Å². The molecule has 17 rings (SSSR count). The van der Waals surface area contributed by atoms with Gasteiger partial charge in [-0.05, 0) is 210 Å². The van der Waals surface area contributed by atoms with Crippen LogP contribution in [0.2, 0.25) is 0 Å². The van der Waals surface area contributed by atoms with E-state index in [4.69, 9.17) is 0 Å². The second-order valence-corrected chi connectivity index (χ2v) is 23.3. The van der Waals surface area contributed by atoms with E-state index in [-0.39, 0.29) is 29.6 Å². The Hall–Kier alpha value is -8.06. The molecule has 0 radical (unpaired) electrons. The van der Waals surface area contributed by atoms with Crippen molar-refractivity contribution in [2.45, 2.75) is 52.9 Å². The number of hydrogen-bond acceptors (Lipinski definition) is 0. The average molecular weight is 943 g/mol. The zero-order valence-electron chi connectivity index (χ0n) is 42.4. The summed E-state index contributed by atoms with van der Waals surface area (Å²) in [5.41, 5.74) is 43.6. The number of benzene rings is 1. The Morgan fingerprint density at radius 2 is 0.986 bits per heavy atom. The average Bonchev–Trinajstić information content (AvgIpc) is 3.44. The van der Waals surface area contributed by atoms with Crippen molar-refractivity contribution in [2.75, 3.05) is 0 Å². The summed E-state index contributed by atoms with van der Waals surface area (Å²) < 4.78 is 0. The first-order valence-electron chi connectivity index (χ1n) is 27.2. The molecule has 5 unspecified atom stereocenters. The van der Waals surface area contributed by atoms with Crippen LogP contribution in [0.5, 0.6) is 0 Å². The molecular weight excluding hydrogens is 889 g/mol. The molecule has 0 saturated heterocycles. The van der Waals surface area contributed by atoms with E-state index in [2.05, 4.69) is 216 Å². The van der Waals surface area contributed by atoms with Gasteiger partial charge in [0.1, 0.15) is 0 Å². The Kier molecular flexibility index (Phi) is 8.28. The Balaban J connectivity index is 0.944. The number of rotatable bonds is 4. The highest BCUT2D eigenvalue weighted by atomic mass is 14.5. The van der Waals surface area contributed by atoms with Crippen molar-refractivity contribution in [3.63, 3.8) is 0 Å². The maximum Gasteiger partial charge on any atom is 0.0354 e. The third-order valence-electron chi connectivity index (χ3n) is 18.9. The van der Waals surface area contributed by atoms with E-state index >= 15 is 0 Å². The van der Waals surface area contributed by atoms with Crippen molar-refractivity contribution in [1.29, 1.82) is 0 Å². The van der Waals surface area contributed by atoms with Crippen LogP contribution in [0, 0.1) is 23.7 Å². The second-order valence-electron chi connectivity index (χ2n) is 23.3. The van der Waals surface area contributed by atoms with E-state index in [1.54, 1.807) is 0 Å². The highest BCUT2D eigenvalue weighted by molar-refractivity contribution is 5.99. The molecule has 1 aromatic carbocycles. The van der Waals surface area contributed by atoms with E-state index in [0.717, 1.165) is 19.3 Å². The molecule has 0 nitrogen and oxygen atoms in total. The normalized spacial score (nSPS) is 29.0. The standard InChI is InChI=1S/C74H54/c1-39-29-47-9-5-43-13-21-55(59-25-17-51(33-39)67(47)71(43)59)63-37-65(57-23-15-45-7-11-49-31-41(3)35-53-19-27-61(57)73(45)69(49)53)66(58-24-16-46-8-12-50-32-42(4)36-54-20-28-62(58)74(46)70(50)54)38-64(63)56-22-14-44-6-10-48-30-40(2)34-52-18-26-60(56)72(44)68(48)52/h5-15,17-29,31-32,34-38,57,69-72H,16,30,33H2,1-4H3. The zero-order chi connectivity index (χ0) is 48.8. The molecule has 0 bridgehead atoms. The highest BCUT2D eigenvalue weighted by Gasteiger charge is 2.43. The van der Waals surface area contributed by atoms with Gasteiger partial charge < -0.3 is 0 Å². The maximum atomic E-state index is 2.70. The first-order valence-corrected chi connectivity index (χ1v) is 27.2. The summed E-state index contributed by atoms with van der Waals surface area (Å²) in [5, 5.41) is 0. The van der Waals surface area contributed by atoms with Gasteiger partial charge in [-0.2, -0.15) is 0 Å². The first kappa shape index (κ1) is 41.4. The summed E-state index contributed by atoms with van der Waals surface area (Å²) in [6, 6.07) is 5.39. The molecule has 1 aromatic rings. The lowest BCUT2D eigenvalue weighted by atomic mass is 9.62. The van der Waals surface area contributed by atoms with E-state index in [0.29, 0.717) is 0 Å². The van der Waals surface area contributed by atoms with Gasteiger partial charge >= 0.3 is 0 Å². The Morgan fingerprint density at radius 1 is 0.378 bits per heavy atom. The predicted molar refractivity (Wildman–Crippen MR) is 307 cm³/mol. The fraction of sp³-hybridized carbons (Fsp3) is 0.162. The molecule has 5 atom stereocenters. The molecule has 74 heavy (non-hydrogen) atoms. The summed E-state index contributed by atoms with van der Waals surface area (Å²) in [5.74, 6) is 0.971. The largest absolute Gasteiger partial charge is 0.0720 e. The molecular formula is C74H54. The van der Waals surface area contributed by atoms with E-state index in [1.807, 2.05) is 0 Å². The topological polar surface area (TPSA) is 0 Å². The molecule has 0 fully saturated rings. The number of hydrogen-bond donors (Lipinski definition) is 0. The molecule has 0 heterocycles. The van der Waals surface area contributed by atoms with Gasteiger partial charge in [-0.3, -0.25) is 0 Å². The maximum absolute atomic E-state index is 2.70. The van der Waals surface area contributed by atoms with Gasteiger partial charge in [-0.25, -0.2) is 0 Å². The summed E-state index contributed by atoms with van der Waals surface area (Å²) in [7, 11) is 0. The fourth-order valence-electron chi connectivity index (χ4n) is 16.0. The van der Waals surface area contributed by atoms with Gasteiger partial charge in [-0.1, -0.05) is 198 Å². The fourth-order valence-corrected chi connectivity index (χ4v) is 16.0. The van der Waals surface area contributed by atoms with Gasteiger partial charge in [0, 0.05) is 29.6 Å². The smallest absolute Gasteiger partial charge is 0.0354 e. The molecule has 350 valence electrons. The second kappa shape index (κ2) is 14.8. The van der Waals surface area contributed by atoms with Gasteiger partial charge in [0.25, 0.3) is 0 Å². The summed E-state index contributed by atoms with van der Waals surface area (Å²) >= 11 is 0. The van der Waals surface area contributed by atoms with Gasteiger partial charge in [-0.15, -0.1) is 0 Å². The lowest BCUT2D eigenvalue weighted by Gasteiger charge is -2.41. The third kappa shape index (κ3) is 5.64. The van der Waals surface area contributed by atoms with Gasteiger partial charge in [0.2, 0.25) is 0 Å². The highest BCUT2D eigenvalue weighted by Crippen LogP contribution is 2.59. The van der Waals surface area contributed by atoms with Crippen LogP contribution < -0.4 is 0 Å². The molecule has 16 aliphatic carbocycles. The zero-order valence-corrected chi connectivity index (χ0v) is 42.4. The molecule has 0 aliphatic heterocycles. The van der Waals surface area contributed by atoms with Crippen molar-refractivity contribution < 1.29 is 0 Å².